The molecule has 1 atom stereocenters. The maximum Gasteiger partial charge on any atom is 0.107 e. The fourth-order valence-corrected chi connectivity index (χ4v) is 2.52. The minimum atomic E-state index is -0.182. The van der Waals surface area contributed by atoms with E-state index in [1.165, 1.54) is 11.1 Å². The second kappa shape index (κ2) is 3.87. The van der Waals surface area contributed by atoms with Gasteiger partial charge in [0.25, 0.3) is 0 Å². The molecule has 0 aliphatic carbocycles. The van der Waals surface area contributed by atoms with Gasteiger partial charge in [-0.05, 0) is 11.1 Å². The standard InChI is InChI=1S/C12H13BrO/c1-10-7-12(9-13,14-8-10)11-5-3-2-4-6-11/h2-6H,1,7-9H2. The van der Waals surface area contributed by atoms with Crippen molar-refractivity contribution in [3.05, 3.63) is 48.0 Å². The molecule has 0 amide bonds. The Hall–Kier alpha value is -0.600. The molecule has 0 N–H and O–H groups in total. The minimum Gasteiger partial charge on any atom is -0.365 e. The Morgan fingerprint density at radius 1 is 1.36 bits per heavy atom. The van der Waals surface area contributed by atoms with Crippen molar-refractivity contribution in [3.63, 3.8) is 0 Å². The summed E-state index contributed by atoms with van der Waals surface area (Å²) < 4.78 is 5.84. The third kappa shape index (κ3) is 1.64. The lowest BCUT2D eigenvalue weighted by molar-refractivity contribution is 0.0231. The zero-order valence-corrected chi connectivity index (χ0v) is 9.59. The van der Waals surface area contributed by atoms with E-state index in [4.69, 9.17) is 4.74 Å². The Morgan fingerprint density at radius 2 is 2.07 bits per heavy atom. The highest BCUT2D eigenvalue weighted by Gasteiger charge is 2.37. The van der Waals surface area contributed by atoms with Crippen LogP contribution in [0, 0.1) is 0 Å². The Labute approximate surface area is 92.9 Å². The molecule has 1 aliphatic heterocycles. The molecule has 2 rings (SSSR count). The third-order valence-electron chi connectivity index (χ3n) is 2.60. The first-order valence-corrected chi connectivity index (χ1v) is 5.81. The number of halogens is 1. The van der Waals surface area contributed by atoms with Crippen LogP contribution >= 0.6 is 15.9 Å². The van der Waals surface area contributed by atoms with E-state index >= 15 is 0 Å². The van der Waals surface area contributed by atoms with Gasteiger partial charge in [0.05, 0.1) is 6.61 Å². The SMILES string of the molecule is C=C1COC(CBr)(c2ccccc2)C1. The second-order valence-corrected chi connectivity index (χ2v) is 4.27. The molecule has 0 radical (unpaired) electrons. The predicted octanol–water partition coefficient (Wildman–Crippen LogP) is 3.25. The van der Waals surface area contributed by atoms with Crippen molar-refractivity contribution in [2.75, 3.05) is 11.9 Å². The Bertz CT molecular complexity index is 333. The summed E-state index contributed by atoms with van der Waals surface area (Å²) in [5.74, 6) is 0. The van der Waals surface area contributed by atoms with Gasteiger partial charge in [0, 0.05) is 11.8 Å². The van der Waals surface area contributed by atoms with Gasteiger partial charge in [-0.25, -0.2) is 0 Å². The average molecular weight is 253 g/mol. The average Bonchev–Trinajstić information content (AvgIpc) is 2.63. The van der Waals surface area contributed by atoms with E-state index in [2.05, 4.69) is 34.6 Å². The molecule has 1 saturated heterocycles. The van der Waals surface area contributed by atoms with Gasteiger partial charge in [0.2, 0.25) is 0 Å². The molecule has 1 unspecified atom stereocenters. The quantitative estimate of drug-likeness (QED) is 0.580. The van der Waals surface area contributed by atoms with Crippen LogP contribution in [-0.2, 0) is 10.3 Å². The molecule has 1 aromatic carbocycles. The van der Waals surface area contributed by atoms with Crippen LogP contribution < -0.4 is 0 Å². The molecule has 0 bridgehead atoms. The van der Waals surface area contributed by atoms with Gasteiger partial charge in [-0.2, -0.15) is 0 Å². The van der Waals surface area contributed by atoms with Crippen molar-refractivity contribution in [1.29, 1.82) is 0 Å². The monoisotopic (exact) mass is 252 g/mol. The van der Waals surface area contributed by atoms with Crippen molar-refractivity contribution in [1.82, 2.24) is 0 Å². The van der Waals surface area contributed by atoms with E-state index in [0.29, 0.717) is 6.61 Å². The van der Waals surface area contributed by atoms with E-state index in [1.54, 1.807) is 0 Å². The highest BCUT2D eigenvalue weighted by atomic mass is 79.9. The van der Waals surface area contributed by atoms with Crippen molar-refractivity contribution in [3.8, 4) is 0 Å². The van der Waals surface area contributed by atoms with Crippen LogP contribution in [0.4, 0.5) is 0 Å². The van der Waals surface area contributed by atoms with E-state index in [0.717, 1.165) is 11.8 Å². The van der Waals surface area contributed by atoms with Gasteiger partial charge in [-0.1, -0.05) is 52.8 Å². The molecule has 0 aromatic heterocycles. The largest absolute Gasteiger partial charge is 0.365 e. The molecule has 0 spiro atoms. The molecular formula is C12H13BrO. The maximum atomic E-state index is 5.84. The molecule has 1 aromatic rings. The van der Waals surface area contributed by atoms with Gasteiger partial charge >= 0.3 is 0 Å². The fraction of sp³-hybridized carbons (Fsp3) is 0.333. The van der Waals surface area contributed by atoms with Crippen LogP contribution in [0.3, 0.4) is 0 Å². The van der Waals surface area contributed by atoms with Crippen molar-refractivity contribution >= 4 is 15.9 Å². The molecular weight excluding hydrogens is 240 g/mol. The second-order valence-electron chi connectivity index (χ2n) is 3.71. The summed E-state index contributed by atoms with van der Waals surface area (Å²) in [6, 6.07) is 10.3. The van der Waals surface area contributed by atoms with Gasteiger partial charge < -0.3 is 4.74 Å². The fourth-order valence-electron chi connectivity index (χ4n) is 1.84. The number of alkyl halides is 1. The zero-order valence-electron chi connectivity index (χ0n) is 8.00. The lowest BCUT2D eigenvalue weighted by Crippen LogP contribution is -2.26. The Balaban J connectivity index is 2.34. The summed E-state index contributed by atoms with van der Waals surface area (Å²) in [5.41, 5.74) is 2.22. The molecule has 1 nitrogen and oxygen atoms in total. The van der Waals surface area contributed by atoms with Crippen LogP contribution in [0.15, 0.2) is 42.5 Å². The van der Waals surface area contributed by atoms with Crippen LogP contribution in [0.5, 0.6) is 0 Å². The van der Waals surface area contributed by atoms with Crippen LogP contribution in [0.2, 0.25) is 0 Å². The number of hydrogen-bond donors (Lipinski definition) is 0. The minimum absolute atomic E-state index is 0.182. The summed E-state index contributed by atoms with van der Waals surface area (Å²) in [5, 5.41) is 0.822. The van der Waals surface area contributed by atoms with Crippen molar-refractivity contribution in [2.24, 2.45) is 0 Å². The third-order valence-corrected chi connectivity index (χ3v) is 3.51. The van der Waals surface area contributed by atoms with E-state index in [1.807, 2.05) is 18.2 Å². The van der Waals surface area contributed by atoms with Crippen LogP contribution in [0.1, 0.15) is 12.0 Å². The highest BCUT2D eigenvalue weighted by Crippen LogP contribution is 2.39. The number of hydrogen-bond acceptors (Lipinski definition) is 1. The van der Waals surface area contributed by atoms with Gasteiger partial charge in [0.1, 0.15) is 5.60 Å². The van der Waals surface area contributed by atoms with E-state index < -0.39 is 0 Å². The smallest absolute Gasteiger partial charge is 0.107 e. The number of ether oxygens (including phenoxy) is 1. The first kappa shape index (κ1) is 9.94. The van der Waals surface area contributed by atoms with Crippen molar-refractivity contribution in [2.45, 2.75) is 12.0 Å². The lowest BCUT2D eigenvalue weighted by atomic mass is 9.92. The first-order valence-electron chi connectivity index (χ1n) is 4.69. The normalized spacial score (nSPS) is 26.8. The summed E-state index contributed by atoms with van der Waals surface area (Å²) in [4.78, 5) is 0. The molecule has 74 valence electrons. The van der Waals surface area contributed by atoms with Gasteiger partial charge in [0.15, 0.2) is 0 Å². The maximum absolute atomic E-state index is 5.84. The lowest BCUT2D eigenvalue weighted by Gasteiger charge is -2.26. The highest BCUT2D eigenvalue weighted by molar-refractivity contribution is 9.09. The molecule has 14 heavy (non-hydrogen) atoms. The predicted molar refractivity (Wildman–Crippen MR) is 61.6 cm³/mol. The Morgan fingerprint density at radius 3 is 2.57 bits per heavy atom. The van der Waals surface area contributed by atoms with Gasteiger partial charge in [-0.3, -0.25) is 0 Å². The zero-order chi connectivity index (χ0) is 10.0. The van der Waals surface area contributed by atoms with Crippen LogP contribution in [-0.4, -0.2) is 11.9 Å². The molecule has 0 saturated carbocycles. The number of rotatable bonds is 2. The molecule has 1 aliphatic rings. The van der Waals surface area contributed by atoms with Gasteiger partial charge in [-0.15, -0.1) is 0 Å². The molecule has 1 heterocycles. The van der Waals surface area contributed by atoms with Crippen molar-refractivity contribution < 1.29 is 4.74 Å². The van der Waals surface area contributed by atoms with Crippen LogP contribution in [0.25, 0.3) is 0 Å². The summed E-state index contributed by atoms with van der Waals surface area (Å²) in [6.07, 6.45) is 0.919. The molecule has 2 heteroatoms. The summed E-state index contributed by atoms with van der Waals surface area (Å²) in [7, 11) is 0. The molecule has 1 fully saturated rings. The van der Waals surface area contributed by atoms with E-state index in [9.17, 15) is 0 Å². The number of benzene rings is 1. The summed E-state index contributed by atoms with van der Waals surface area (Å²) in [6.45, 7) is 4.66. The topological polar surface area (TPSA) is 9.23 Å². The Kier molecular flexibility index (Phi) is 2.75. The van der Waals surface area contributed by atoms with E-state index in [-0.39, 0.29) is 5.60 Å². The first-order chi connectivity index (χ1) is 6.77. The summed E-state index contributed by atoms with van der Waals surface area (Å²) >= 11 is 3.53.